The van der Waals surface area contributed by atoms with Crippen molar-refractivity contribution in [1.82, 2.24) is 4.90 Å². The molecule has 0 saturated carbocycles. The van der Waals surface area contributed by atoms with Crippen LogP contribution in [-0.4, -0.2) is 35.8 Å². The molecule has 26 heavy (non-hydrogen) atoms. The Labute approximate surface area is 153 Å². The summed E-state index contributed by atoms with van der Waals surface area (Å²) in [6, 6.07) is 14.7. The monoisotopic (exact) mass is 349 g/mol. The predicted molar refractivity (Wildman–Crippen MR) is 101 cm³/mol. The number of carbonyl (C=O) groups excluding carboxylic acids is 2. The van der Waals surface area contributed by atoms with Gasteiger partial charge in [0.2, 0.25) is 5.91 Å². The van der Waals surface area contributed by atoms with Crippen molar-refractivity contribution in [2.75, 3.05) is 18.0 Å². The first-order valence-electron chi connectivity index (χ1n) is 9.15. The molecule has 0 radical (unpaired) electrons. The summed E-state index contributed by atoms with van der Waals surface area (Å²) < 4.78 is 0. The second-order valence-corrected chi connectivity index (χ2v) is 7.11. The van der Waals surface area contributed by atoms with Crippen LogP contribution in [0.2, 0.25) is 0 Å². The van der Waals surface area contributed by atoms with Gasteiger partial charge >= 0.3 is 0 Å². The van der Waals surface area contributed by atoms with E-state index in [1.165, 1.54) is 12.8 Å². The van der Waals surface area contributed by atoms with Crippen LogP contribution in [0.1, 0.15) is 34.3 Å². The maximum atomic E-state index is 13.2. The number of nitrogens with two attached hydrogens (primary N) is 1. The van der Waals surface area contributed by atoms with Crippen LogP contribution in [0, 0.1) is 0 Å². The molecule has 1 fully saturated rings. The SMILES string of the molecule is NC(=O)[C@@H]1Cc2ccccc2N1C(=O)c1cccc(CN2CCCC2)c1. The van der Waals surface area contributed by atoms with Crippen molar-refractivity contribution in [2.24, 2.45) is 5.73 Å². The van der Waals surface area contributed by atoms with Gasteiger partial charge in [0.25, 0.3) is 5.91 Å². The van der Waals surface area contributed by atoms with Crippen LogP contribution in [-0.2, 0) is 17.8 Å². The van der Waals surface area contributed by atoms with Crippen LogP contribution >= 0.6 is 0 Å². The minimum absolute atomic E-state index is 0.165. The molecule has 2 aromatic rings. The molecular weight excluding hydrogens is 326 g/mol. The number of primary amides is 1. The van der Waals surface area contributed by atoms with E-state index in [2.05, 4.69) is 11.0 Å². The minimum Gasteiger partial charge on any atom is -0.368 e. The molecule has 1 saturated heterocycles. The third-order valence-corrected chi connectivity index (χ3v) is 5.30. The average molecular weight is 349 g/mol. The van der Waals surface area contributed by atoms with Gasteiger partial charge in [0.05, 0.1) is 0 Å². The highest BCUT2D eigenvalue weighted by Gasteiger charge is 2.37. The molecule has 0 spiro atoms. The molecule has 0 aliphatic carbocycles. The molecule has 2 aliphatic heterocycles. The quantitative estimate of drug-likeness (QED) is 0.921. The van der Waals surface area contributed by atoms with Crippen LogP contribution < -0.4 is 10.6 Å². The highest BCUT2D eigenvalue weighted by atomic mass is 16.2. The number of hydrogen-bond acceptors (Lipinski definition) is 3. The fourth-order valence-electron chi connectivity index (χ4n) is 4.01. The molecular formula is C21H23N3O2. The summed E-state index contributed by atoms with van der Waals surface area (Å²) >= 11 is 0. The Morgan fingerprint density at radius 2 is 1.81 bits per heavy atom. The Morgan fingerprint density at radius 1 is 1.04 bits per heavy atom. The Balaban J connectivity index is 1.62. The van der Waals surface area contributed by atoms with E-state index < -0.39 is 11.9 Å². The van der Waals surface area contributed by atoms with E-state index in [0.717, 1.165) is 36.4 Å². The largest absolute Gasteiger partial charge is 0.368 e. The van der Waals surface area contributed by atoms with E-state index in [1.807, 2.05) is 42.5 Å². The molecule has 2 amide bonds. The number of benzene rings is 2. The fraction of sp³-hybridized carbons (Fsp3) is 0.333. The van der Waals surface area contributed by atoms with Gasteiger partial charge in [-0.15, -0.1) is 0 Å². The van der Waals surface area contributed by atoms with E-state index in [0.29, 0.717) is 12.0 Å². The van der Waals surface area contributed by atoms with E-state index in [1.54, 1.807) is 4.90 Å². The van der Waals surface area contributed by atoms with Crippen molar-refractivity contribution >= 4 is 17.5 Å². The molecule has 0 bridgehead atoms. The second-order valence-electron chi connectivity index (χ2n) is 7.11. The molecule has 2 aliphatic rings. The van der Waals surface area contributed by atoms with Gasteiger partial charge in [-0.05, 0) is 55.3 Å². The summed E-state index contributed by atoms with van der Waals surface area (Å²) in [4.78, 5) is 29.1. The molecule has 2 aromatic carbocycles. The van der Waals surface area contributed by atoms with Gasteiger partial charge < -0.3 is 5.73 Å². The number of fused-ring (bicyclic) bond motifs is 1. The first kappa shape index (κ1) is 16.8. The maximum absolute atomic E-state index is 13.2. The minimum atomic E-state index is -0.623. The summed E-state index contributed by atoms with van der Waals surface area (Å²) in [6.45, 7) is 3.08. The zero-order valence-corrected chi connectivity index (χ0v) is 14.7. The van der Waals surface area contributed by atoms with Gasteiger partial charge in [-0.25, -0.2) is 0 Å². The van der Waals surface area contributed by atoms with Crippen LogP contribution in [0.5, 0.6) is 0 Å². The summed E-state index contributed by atoms with van der Waals surface area (Å²) in [7, 11) is 0. The lowest BCUT2D eigenvalue weighted by Crippen LogP contribution is -2.46. The highest BCUT2D eigenvalue weighted by molar-refractivity contribution is 6.11. The molecule has 1 atom stereocenters. The lowest BCUT2D eigenvalue weighted by molar-refractivity contribution is -0.119. The predicted octanol–water partition coefficient (Wildman–Crippen LogP) is 2.34. The van der Waals surface area contributed by atoms with Gasteiger partial charge in [-0.1, -0.05) is 30.3 Å². The molecule has 5 heteroatoms. The first-order valence-corrected chi connectivity index (χ1v) is 9.15. The fourth-order valence-corrected chi connectivity index (χ4v) is 4.01. The highest BCUT2D eigenvalue weighted by Crippen LogP contribution is 2.33. The van der Waals surface area contributed by atoms with Gasteiger partial charge in [-0.3, -0.25) is 19.4 Å². The lowest BCUT2D eigenvalue weighted by atomic mass is 10.1. The van der Waals surface area contributed by atoms with Crippen molar-refractivity contribution in [3.8, 4) is 0 Å². The van der Waals surface area contributed by atoms with Crippen molar-refractivity contribution in [3.63, 3.8) is 0 Å². The number of nitrogens with zero attached hydrogens (tertiary/aromatic N) is 2. The van der Waals surface area contributed by atoms with Gasteiger partial charge in [0.1, 0.15) is 6.04 Å². The van der Waals surface area contributed by atoms with Gasteiger partial charge in [0.15, 0.2) is 0 Å². The van der Waals surface area contributed by atoms with Crippen molar-refractivity contribution < 1.29 is 9.59 Å². The van der Waals surface area contributed by atoms with Crippen LogP contribution in [0.25, 0.3) is 0 Å². The molecule has 2 heterocycles. The number of para-hydroxylation sites is 1. The summed E-state index contributed by atoms with van der Waals surface area (Å²) in [5.41, 5.74) is 9.08. The first-order chi connectivity index (χ1) is 12.6. The number of carbonyl (C=O) groups is 2. The van der Waals surface area contributed by atoms with Crippen LogP contribution in [0.4, 0.5) is 5.69 Å². The number of rotatable bonds is 4. The van der Waals surface area contributed by atoms with E-state index >= 15 is 0 Å². The Hall–Kier alpha value is -2.66. The summed E-state index contributed by atoms with van der Waals surface area (Å²) in [5, 5.41) is 0. The normalized spacial score (nSPS) is 19.5. The molecule has 4 rings (SSSR count). The second kappa shape index (κ2) is 6.92. The number of likely N-dealkylation sites (tertiary alicyclic amines) is 1. The molecule has 2 N–H and O–H groups in total. The van der Waals surface area contributed by atoms with Gasteiger partial charge in [0, 0.05) is 24.2 Å². The van der Waals surface area contributed by atoms with Crippen molar-refractivity contribution in [3.05, 3.63) is 65.2 Å². The number of anilines is 1. The average Bonchev–Trinajstić information content (AvgIpc) is 3.28. The third kappa shape index (κ3) is 3.10. The molecule has 0 unspecified atom stereocenters. The van der Waals surface area contributed by atoms with E-state index in [4.69, 9.17) is 5.73 Å². The van der Waals surface area contributed by atoms with Crippen molar-refractivity contribution in [2.45, 2.75) is 31.8 Å². The molecule has 134 valence electrons. The number of amides is 2. The van der Waals surface area contributed by atoms with Crippen molar-refractivity contribution in [1.29, 1.82) is 0 Å². The third-order valence-electron chi connectivity index (χ3n) is 5.30. The summed E-state index contributed by atoms with van der Waals surface area (Å²) in [6.07, 6.45) is 2.96. The standard InChI is InChI=1S/C21H23N3O2/c22-20(25)19-13-16-7-1-2-9-18(16)24(19)21(26)17-8-5-6-15(12-17)14-23-10-3-4-11-23/h1-2,5-9,12,19H,3-4,10-11,13-14H2,(H2,22,25)/t19-/m0/s1. The van der Waals surface area contributed by atoms with Crippen LogP contribution in [0.15, 0.2) is 48.5 Å². The summed E-state index contributed by atoms with van der Waals surface area (Å²) in [5.74, 6) is -0.634. The zero-order chi connectivity index (χ0) is 18.1. The molecule has 5 nitrogen and oxygen atoms in total. The smallest absolute Gasteiger partial charge is 0.259 e. The Morgan fingerprint density at radius 3 is 2.58 bits per heavy atom. The van der Waals surface area contributed by atoms with E-state index in [9.17, 15) is 9.59 Å². The van der Waals surface area contributed by atoms with Gasteiger partial charge in [-0.2, -0.15) is 0 Å². The zero-order valence-electron chi connectivity index (χ0n) is 14.7. The Bertz CT molecular complexity index is 843. The van der Waals surface area contributed by atoms with Crippen LogP contribution in [0.3, 0.4) is 0 Å². The number of hydrogen-bond donors (Lipinski definition) is 1. The molecule has 0 aromatic heterocycles. The Kier molecular flexibility index (Phi) is 4.47. The van der Waals surface area contributed by atoms with E-state index in [-0.39, 0.29) is 5.91 Å². The lowest BCUT2D eigenvalue weighted by Gasteiger charge is -2.24. The maximum Gasteiger partial charge on any atom is 0.259 e. The topological polar surface area (TPSA) is 66.6 Å².